The van der Waals surface area contributed by atoms with E-state index in [0.717, 1.165) is 6.42 Å². The van der Waals surface area contributed by atoms with Gasteiger partial charge in [0, 0.05) is 12.6 Å². The topological polar surface area (TPSA) is 125 Å². The molecule has 0 aliphatic rings. The molecule has 0 saturated carbocycles. The summed E-state index contributed by atoms with van der Waals surface area (Å²) in [5, 5.41) is 6.22. The largest absolute Gasteiger partial charge is 0.466 e. The lowest BCUT2D eigenvalue weighted by atomic mass is 10.2. The molecule has 0 unspecified atom stereocenters. The van der Waals surface area contributed by atoms with Gasteiger partial charge in [-0.25, -0.2) is 9.59 Å². The molecule has 10 heteroatoms. The van der Waals surface area contributed by atoms with Crippen LogP contribution in [-0.4, -0.2) is 53.2 Å². The molecular weight excluding hydrogens is 378 g/mol. The van der Waals surface area contributed by atoms with Crippen LogP contribution in [0.1, 0.15) is 37.6 Å². The molecule has 0 spiro atoms. The molecule has 29 heavy (non-hydrogen) atoms. The Morgan fingerprint density at radius 1 is 1.07 bits per heavy atom. The normalized spacial score (nSPS) is 11.3. The minimum Gasteiger partial charge on any atom is -0.466 e. The van der Waals surface area contributed by atoms with Crippen molar-refractivity contribution in [3.8, 4) is 11.8 Å². The van der Waals surface area contributed by atoms with Crippen LogP contribution in [0.2, 0.25) is 0 Å². The highest BCUT2D eigenvalue weighted by Crippen LogP contribution is 2.21. The number of aromatic nitrogens is 3. The van der Waals surface area contributed by atoms with E-state index in [2.05, 4.69) is 37.2 Å². The lowest BCUT2D eigenvalue weighted by Crippen LogP contribution is -2.17. The third-order valence-corrected chi connectivity index (χ3v) is 3.79. The van der Waals surface area contributed by atoms with Crippen LogP contribution in [0, 0.1) is 0 Å². The quantitative estimate of drug-likeness (QED) is 0.572. The van der Waals surface area contributed by atoms with Gasteiger partial charge in [0.25, 0.3) is 0 Å². The van der Waals surface area contributed by atoms with Crippen LogP contribution in [0.3, 0.4) is 0 Å². The van der Waals surface area contributed by atoms with Gasteiger partial charge in [0.1, 0.15) is 5.75 Å². The first-order valence-electron chi connectivity index (χ1n) is 9.23. The standard InChI is InChI=1S/C19H25N5O5/c1-5-12(3)21-18-22-17(20-6-2)23-19(24-18)29-14-9-7-13(8-10-14)16(26)28-11-15(25)27-4/h7-10,12H,5-6,11H2,1-4H3,(H2,20,21,22,23,24)/t12-/m0/s1. The lowest BCUT2D eigenvalue weighted by Gasteiger charge is -2.13. The Morgan fingerprint density at radius 2 is 1.76 bits per heavy atom. The molecule has 1 atom stereocenters. The molecule has 0 bridgehead atoms. The second-order valence-corrected chi connectivity index (χ2v) is 6.03. The molecule has 0 amide bonds. The third-order valence-electron chi connectivity index (χ3n) is 3.79. The fourth-order valence-electron chi connectivity index (χ4n) is 2.06. The summed E-state index contributed by atoms with van der Waals surface area (Å²) < 4.78 is 15.0. The van der Waals surface area contributed by atoms with E-state index in [1.807, 2.05) is 13.8 Å². The highest BCUT2D eigenvalue weighted by Gasteiger charge is 2.12. The summed E-state index contributed by atoms with van der Waals surface area (Å²) in [5.41, 5.74) is 0.268. The van der Waals surface area contributed by atoms with E-state index in [1.54, 1.807) is 12.1 Å². The molecule has 0 radical (unpaired) electrons. The molecule has 156 valence electrons. The molecular formula is C19H25N5O5. The Morgan fingerprint density at radius 3 is 2.38 bits per heavy atom. The molecule has 1 heterocycles. The van der Waals surface area contributed by atoms with E-state index in [1.165, 1.54) is 19.2 Å². The summed E-state index contributed by atoms with van der Waals surface area (Å²) in [6, 6.07) is 6.48. The molecule has 0 saturated heterocycles. The summed E-state index contributed by atoms with van der Waals surface area (Å²) in [7, 11) is 1.22. The van der Waals surface area contributed by atoms with Gasteiger partial charge in [-0.3, -0.25) is 0 Å². The average Bonchev–Trinajstić information content (AvgIpc) is 2.72. The van der Waals surface area contributed by atoms with Crippen LogP contribution < -0.4 is 15.4 Å². The minimum atomic E-state index is -0.642. The molecule has 0 aliphatic carbocycles. The zero-order valence-corrected chi connectivity index (χ0v) is 16.9. The van der Waals surface area contributed by atoms with E-state index >= 15 is 0 Å². The van der Waals surface area contributed by atoms with Crippen LogP contribution in [0.5, 0.6) is 11.8 Å². The van der Waals surface area contributed by atoms with Gasteiger partial charge < -0.3 is 24.8 Å². The fraction of sp³-hybridized carbons (Fsp3) is 0.421. The Labute approximate surface area is 169 Å². The van der Waals surface area contributed by atoms with Crippen molar-refractivity contribution in [3.05, 3.63) is 29.8 Å². The number of methoxy groups -OCH3 is 1. The maximum Gasteiger partial charge on any atom is 0.344 e. The number of nitrogens with zero attached hydrogens (tertiary/aromatic N) is 3. The maximum atomic E-state index is 11.9. The van der Waals surface area contributed by atoms with E-state index < -0.39 is 18.5 Å². The van der Waals surface area contributed by atoms with Gasteiger partial charge >= 0.3 is 17.9 Å². The molecule has 10 nitrogen and oxygen atoms in total. The lowest BCUT2D eigenvalue weighted by molar-refractivity contribution is -0.144. The number of hydrogen-bond acceptors (Lipinski definition) is 10. The van der Waals surface area contributed by atoms with Crippen molar-refractivity contribution in [3.63, 3.8) is 0 Å². The Bertz CT molecular complexity index is 828. The zero-order chi connectivity index (χ0) is 21.2. The number of ether oxygens (including phenoxy) is 3. The number of hydrogen-bond donors (Lipinski definition) is 2. The number of anilines is 2. The number of benzene rings is 1. The molecule has 2 aromatic rings. The number of esters is 2. The highest BCUT2D eigenvalue weighted by atomic mass is 16.6. The maximum absolute atomic E-state index is 11.9. The van der Waals surface area contributed by atoms with Gasteiger partial charge in [0.2, 0.25) is 11.9 Å². The van der Waals surface area contributed by atoms with Crippen molar-refractivity contribution < 1.29 is 23.8 Å². The SMILES string of the molecule is CCNc1nc(N[C@@H](C)CC)nc(Oc2ccc(C(=O)OCC(=O)OC)cc2)n1. The van der Waals surface area contributed by atoms with Crippen molar-refractivity contribution in [1.29, 1.82) is 0 Å². The smallest absolute Gasteiger partial charge is 0.344 e. The van der Waals surface area contributed by atoms with E-state index in [9.17, 15) is 9.59 Å². The first-order chi connectivity index (χ1) is 13.9. The van der Waals surface area contributed by atoms with Crippen molar-refractivity contribution in [1.82, 2.24) is 15.0 Å². The minimum absolute atomic E-state index is 0.114. The number of rotatable bonds is 10. The van der Waals surface area contributed by atoms with Gasteiger partial charge in [-0.05, 0) is 44.5 Å². The Hall–Kier alpha value is -3.43. The average molecular weight is 403 g/mol. The molecule has 0 fully saturated rings. The monoisotopic (exact) mass is 403 g/mol. The third kappa shape index (κ3) is 6.91. The molecule has 2 N–H and O–H groups in total. The van der Waals surface area contributed by atoms with Gasteiger partial charge in [-0.2, -0.15) is 15.0 Å². The van der Waals surface area contributed by atoms with Crippen LogP contribution in [0.25, 0.3) is 0 Å². The summed E-state index contributed by atoms with van der Waals surface area (Å²) in [6.45, 7) is 6.21. The zero-order valence-electron chi connectivity index (χ0n) is 16.9. The van der Waals surface area contributed by atoms with Gasteiger partial charge in [-0.15, -0.1) is 0 Å². The van der Waals surface area contributed by atoms with Crippen LogP contribution >= 0.6 is 0 Å². The van der Waals surface area contributed by atoms with Crippen LogP contribution in [-0.2, 0) is 14.3 Å². The summed E-state index contributed by atoms with van der Waals surface area (Å²) in [4.78, 5) is 35.8. The first-order valence-corrected chi connectivity index (χ1v) is 9.23. The molecule has 1 aromatic carbocycles. The Balaban J connectivity index is 2.10. The van der Waals surface area contributed by atoms with E-state index in [-0.39, 0.29) is 17.6 Å². The summed E-state index contributed by atoms with van der Waals surface area (Å²) in [5.74, 6) is -0.0460. The van der Waals surface area contributed by atoms with Crippen molar-refractivity contribution in [2.24, 2.45) is 0 Å². The molecule has 0 aliphatic heterocycles. The van der Waals surface area contributed by atoms with E-state index in [0.29, 0.717) is 24.2 Å². The van der Waals surface area contributed by atoms with Gasteiger partial charge in [-0.1, -0.05) is 6.92 Å². The molecule has 2 rings (SSSR count). The summed E-state index contributed by atoms with van der Waals surface area (Å²) in [6.07, 6.45) is 0.909. The Kier molecular flexibility index (Phi) is 8.13. The second kappa shape index (κ2) is 10.8. The van der Waals surface area contributed by atoms with E-state index in [4.69, 9.17) is 9.47 Å². The predicted molar refractivity (Wildman–Crippen MR) is 106 cm³/mol. The number of carbonyl (C=O) groups is 2. The van der Waals surface area contributed by atoms with Crippen LogP contribution in [0.15, 0.2) is 24.3 Å². The first kappa shape index (κ1) is 21.9. The van der Waals surface area contributed by atoms with Crippen molar-refractivity contribution in [2.75, 3.05) is 30.9 Å². The van der Waals surface area contributed by atoms with Gasteiger partial charge in [0.15, 0.2) is 6.61 Å². The van der Waals surface area contributed by atoms with Crippen LogP contribution in [0.4, 0.5) is 11.9 Å². The highest BCUT2D eigenvalue weighted by molar-refractivity contribution is 5.90. The second-order valence-electron chi connectivity index (χ2n) is 6.03. The number of nitrogens with one attached hydrogen (secondary N) is 2. The molecule has 1 aromatic heterocycles. The van der Waals surface area contributed by atoms with Gasteiger partial charge in [0.05, 0.1) is 12.7 Å². The predicted octanol–water partition coefficient (Wildman–Crippen LogP) is 2.64. The van der Waals surface area contributed by atoms with Crippen molar-refractivity contribution in [2.45, 2.75) is 33.2 Å². The van der Waals surface area contributed by atoms with Crippen molar-refractivity contribution >= 4 is 23.8 Å². The number of carbonyl (C=O) groups excluding carboxylic acids is 2. The fourth-order valence-corrected chi connectivity index (χ4v) is 2.06. The summed E-state index contributed by atoms with van der Waals surface area (Å²) >= 11 is 0.